The third kappa shape index (κ3) is 13.0. The standard InChI is InChI=1S/C94H78N8/c1-91(2)45-46-93(5,6)83-57-75(40-41-81(83)91)79-54-78(66-43-49-96-50-44-66)55-80(56-79)90-101-86(99-89(102-90)76-25-15-21-70(52-76)65-31-29-62(60-95)30-32-65)68-33-27-61(28-34-68)59-94(7)48-47-92(3,4)82-42-39-74(58-84(82)94)72-23-14-22-71(51-72)73-24-16-26-77(53-73)88-98-85(67-19-12-9-13-20-67)97-87(100-88)69-37-35-64(36-38-69)63-17-10-8-11-18-63/h8-44,49-58H,45-48,59H2,1-7H3. The van der Waals surface area contributed by atoms with Gasteiger partial charge >= 0.3 is 0 Å². The van der Waals surface area contributed by atoms with Gasteiger partial charge in [0.2, 0.25) is 0 Å². The average Bonchev–Trinajstić information content (AvgIpc) is 0.747. The third-order valence-electron chi connectivity index (χ3n) is 21.6. The molecule has 8 nitrogen and oxygen atoms in total. The summed E-state index contributed by atoms with van der Waals surface area (Å²) in [6.07, 6.45) is 8.95. The van der Waals surface area contributed by atoms with Gasteiger partial charge in [-0.05, 0) is 209 Å². The van der Waals surface area contributed by atoms with Gasteiger partial charge in [0, 0.05) is 45.8 Å². The highest BCUT2D eigenvalue weighted by Crippen LogP contribution is 2.50. The second kappa shape index (κ2) is 26.3. The Hall–Kier alpha value is -11.9. The van der Waals surface area contributed by atoms with Crippen LogP contribution in [0.15, 0.2) is 285 Å². The molecule has 8 heteroatoms. The van der Waals surface area contributed by atoms with Crippen LogP contribution < -0.4 is 0 Å². The first kappa shape index (κ1) is 64.7. The van der Waals surface area contributed by atoms with Crippen molar-refractivity contribution in [2.24, 2.45) is 0 Å². The van der Waals surface area contributed by atoms with Crippen molar-refractivity contribution in [2.75, 3.05) is 0 Å². The highest BCUT2D eigenvalue weighted by Gasteiger charge is 2.41. The van der Waals surface area contributed by atoms with E-state index >= 15 is 0 Å². The van der Waals surface area contributed by atoms with Gasteiger partial charge in [0.15, 0.2) is 34.9 Å². The minimum atomic E-state index is -0.157. The normalized spacial score (nSPS) is 15.5. The Morgan fingerprint density at radius 2 is 0.578 bits per heavy atom. The molecule has 16 rings (SSSR count). The van der Waals surface area contributed by atoms with Gasteiger partial charge in [-0.15, -0.1) is 0 Å². The Kier molecular flexibility index (Phi) is 16.7. The monoisotopic (exact) mass is 1320 g/mol. The van der Waals surface area contributed by atoms with Gasteiger partial charge in [0.05, 0.1) is 11.6 Å². The molecule has 3 heterocycles. The Labute approximate surface area is 598 Å². The number of hydrogen-bond donors (Lipinski definition) is 0. The van der Waals surface area contributed by atoms with E-state index in [0.717, 1.165) is 127 Å². The molecule has 0 amide bonds. The van der Waals surface area contributed by atoms with E-state index in [4.69, 9.17) is 29.9 Å². The lowest BCUT2D eigenvalue weighted by molar-refractivity contribution is 0.310. The zero-order valence-electron chi connectivity index (χ0n) is 58.7. The summed E-state index contributed by atoms with van der Waals surface area (Å²) in [7, 11) is 0. The van der Waals surface area contributed by atoms with E-state index in [1.54, 1.807) is 0 Å². The molecule has 0 bridgehead atoms. The molecule has 1 atom stereocenters. The molecule has 0 aliphatic heterocycles. The van der Waals surface area contributed by atoms with Crippen LogP contribution >= 0.6 is 0 Å². The van der Waals surface area contributed by atoms with Gasteiger partial charge < -0.3 is 0 Å². The molecule has 102 heavy (non-hydrogen) atoms. The lowest BCUT2D eigenvalue weighted by Gasteiger charge is -2.44. The van der Waals surface area contributed by atoms with Gasteiger partial charge in [0.25, 0.3) is 0 Å². The van der Waals surface area contributed by atoms with Crippen molar-refractivity contribution >= 4 is 0 Å². The van der Waals surface area contributed by atoms with Crippen LogP contribution in [0.3, 0.4) is 0 Å². The van der Waals surface area contributed by atoms with E-state index < -0.39 is 0 Å². The molecule has 0 saturated heterocycles. The van der Waals surface area contributed by atoms with Crippen molar-refractivity contribution in [1.82, 2.24) is 34.9 Å². The predicted molar refractivity (Wildman–Crippen MR) is 416 cm³/mol. The predicted octanol–water partition coefficient (Wildman–Crippen LogP) is 23.2. The summed E-state index contributed by atoms with van der Waals surface area (Å²) >= 11 is 0. The summed E-state index contributed by atoms with van der Waals surface area (Å²) < 4.78 is 0. The van der Waals surface area contributed by atoms with E-state index in [0.29, 0.717) is 40.5 Å². The second-order valence-electron chi connectivity index (χ2n) is 30.0. The lowest BCUT2D eigenvalue weighted by atomic mass is 9.60. The Morgan fingerprint density at radius 3 is 1.12 bits per heavy atom. The maximum atomic E-state index is 9.63. The third-order valence-corrected chi connectivity index (χ3v) is 21.6. The molecule has 2 aliphatic rings. The van der Waals surface area contributed by atoms with Crippen molar-refractivity contribution in [3.8, 4) is 141 Å². The van der Waals surface area contributed by atoms with Gasteiger partial charge in [0.1, 0.15) is 0 Å². The number of hydrogen-bond acceptors (Lipinski definition) is 8. The molecule has 0 N–H and O–H groups in total. The first-order chi connectivity index (χ1) is 49.5. The minimum absolute atomic E-state index is 0.00325. The van der Waals surface area contributed by atoms with Gasteiger partial charge in [-0.1, -0.05) is 261 Å². The summed E-state index contributed by atoms with van der Waals surface area (Å²) in [6, 6.07) is 99.0. The maximum absolute atomic E-state index is 9.63. The zero-order valence-corrected chi connectivity index (χ0v) is 58.7. The SMILES string of the molecule is CC1(C)CCC(C)(C)c2cc(-c3cc(-c4ccncc4)cc(-c4nc(-c5ccc(CC6(C)CCC(C)(C)c7ccc(-c8cccc(-c9cccc(-c%10nc(-c%11ccccc%11)nc(-c%11ccc(-c%12ccccc%12)cc%11)n%10)c9)c8)cc76)cc5)nc(-c5cccc(-c6ccc(C#N)cc6)c5)n4)c3)ccc21. The van der Waals surface area contributed by atoms with Crippen LogP contribution in [0.5, 0.6) is 0 Å². The van der Waals surface area contributed by atoms with Crippen LogP contribution in [0.25, 0.3) is 135 Å². The highest BCUT2D eigenvalue weighted by atomic mass is 15.0. The molecule has 2 aliphatic carbocycles. The smallest absolute Gasteiger partial charge is 0.164 e. The van der Waals surface area contributed by atoms with E-state index in [9.17, 15) is 5.26 Å². The average molecular weight is 1320 g/mol. The maximum Gasteiger partial charge on any atom is 0.164 e. The molecule has 0 fully saturated rings. The van der Waals surface area contributed by atoms with E-state index in [1.807, 2.05) is 60.9 Å². The number of rotatable bonds is 14. The topological polar surface area (TPSA) is 114 Å². The first-order valence-corrected chi connectivity index (χ1v) is 35.5. The fourth-order valence-electron chi connectivity index (χ4n) is 15.3. The van der Waals surface area contributed by atoms with Crippen molar-refractivity contribution in [1.29, 1.82) is 5.26 Å². The Bertz CT molecular complexity index is 5520. The molecule has 14 aromatic rings. The Morgan fingerprint density at radius 1 is 0.265 bits per heavy atom. The summed E-state index contributed by atoms with van der Waals surface area (Å²) in [5.74, 6) is 3.61. The van der Waals surface area contributed by atoms with Gasteiger partial charge in [-0.25, -0.2) is 29.9 Å². The van der Waals surface area contributed by atoms with Crippen LogP contribution in [-0.4, -0.2) is 34.9 Å². The summed E-state index contributed by atoms with van der Waals surface area (Å²) in [5, 5.41) is 9.63. The van der Waals surface area contributed by atoms with Crippen LogP contribution in [0.4, 0.5) is 0 Å². The van der Waals surface area contributed by atoms with Gasteiger partial charge in [-0.3, -0.25) is 4.98 Å². The fraction of sp³-hybridized carbons (Fsp3) is 0.170. The number of pyridine rings is 1. The first-order valence-electron chi connectivity index (χ1n) is 35.5. The molecule has 0 radical (unpaired) electrons. The summed E-state index contributed by atoms with van der Waals surface area (Å²) in [5.41, 5.74) is 26.1. The van der Waals surface area contributed by atoms with Crippen molar-refractivity contribution in [3.63, 3.8) is 0 Å². The fourth-order valence-corrected chi connectivity index (χ4v) is 15.3. The van der Waals surface area contributed by atoms with Crippen molar-refractivity contribution in [3.05, 3.63) is 319 Å². The number of fused-ring (bicyclic) bond motifs is 2. The summed E-state index contributed by atoms with van der Waals surface area (Å²) in [4.78, 5) is 35.9. The van der Waals surface area contributed by atoms with Crippen LogP contribution in [0.1, 0.15) is 108 Å². The van der Waals surface area contributed by atoms with Crippen molar-refractivity contribution < 1.29 is 0 Å². The molecule has 3 aromatic heterocycles. The molecular formula is C94H78N8. The molecular weight excluding hydrogens is 1240 g/mol. The van der Waals surface area contributed by atoms with Crippen LogP contribution in [-0.2, 0) is 28.1 Å². The minimum Gasteiger partial charge on any atom is -0.265 e. The largest absolute Gasteiger partial charge is 0.265 e. The quantitative estimate of drug-likeness (QED) is 0.106. The van der Waals surface area contributed by atoms with E-state index in [-0.39, 0.29) is 21.7 Å². The molecule has 1 unspecified atom stereocenters. The van der Waals surface area contributed by atoms with E-state index in [1.165, 1.54) is 33.4 Å². The second-order valence-corrected chi connectivity index (χ2v) is 30.0. The van der Waals surface area contributed by atoms with Gasteiger partial charge in [-0.2, -0.15) is 5.26 Å². The highest BCUT2D eigenvalue weighted by molar-refractivity contribution is 5.83. The molecule has 0 spiro atoms. The van der Waals surface area contributed by atoms with Crippen LogP contribution in [0, 0.1) is 11.3 Å². The number of aromatic nitrogens is 7. The molecule has 494 valence electrons. The van der Waals surface area contributed by atoms with E-state index in [2.05, 4.69) is 284 Å². The van der Waals surface area contributed by atoms with Crippen LogP contribution in [0.2, 0.25) is 0 Å². The lowest BCUT2D eigenvalue weighted by Crippen LogP contribution is -2.37. The van der Waals surface area contributed by atoms with Crippen molar-refractivity contribution in [2.45, 2.75) is 102 Å². The number of benzene rings is 11. The molecule has 11 aromatic carbocycles. The molecule has 0 saturated carbocycles. The summed E-state index contributed by atoms with van der Waals surface area (Å²) in [6.45, 7) is 16.8. The zero-order chi connectivity index (χ0) is 69.7. The number of nitriles is 1. The Balaban J connectivity index is 0.728. The number of nitrogens with zero attached hydrogens (tertiary/aromatic N) is 8.